The normalized spacial score (nSPS) is 22.6. The monoisotopic (exact) mass is 350 g/mol. The summed E-state index contributed by atoms with van der Waals surface area (Å²) in [5, 5.41) is 7.17. The van der Waals surface area contributed by atoms with Gasteiger partial charge in [-0.2, -0.15) is 0 Å². The first-order valence-corrected chi connectivity index (χ1v) is 10.2. The van der Waals surface area contributed by atoms with Gasteiger partial charge < -0.3 is 15.4 Å². The lowest BCUT2D eigenvalue weighted by Crippen LogP contribution is -2.53. The van der Waals surface area contributed by atoms with Crippen molar-refractivity contribution in [1.29, 1.82) is 0 Å². The van der Waals surface area contributed by atoms with Crippen LogP contribution in [0.5, 0.6) is 0 Å². The minimum Gasteiger partial charge on any atom is -0.373 e. The number of guanidine groups is 1. The first kappa shape index (κ1) is 20.2. The predicted octanol–water partition coefficient (Wildman–Crippen LogP) is 2.93. The molecule has 2 N–H and O–H groups in total. The van der Waals surface area contributed by atoms with Crippen LogP contribution in [0.15, 0.2) is 17.6 Å². The van der Waals surface area contributed by atoms with Crippen molar-refractivity contribution in [3.8, 4) is 0 Å². The topological polar surface area (TPSA) is 48.9 Å². The van der Waals surface area contributed by atoms with E-state index < -0.39 is 0 Å². The molecule has 1 aliphatic heterocycles. The fourth-order valence-electron chi connectivity index (χ4n) is 3.96. The minimum absolute atomic E-state index is 0.000789. The van der Waals surface area contributed by atoms with Crippen LogP contribution >= 0.6 is 0 Å². The lowest BCUT2D eigenvalue weighted by molar-refractivity contribution is -0.0657. The van der Waals surface area contributed by atoms with Crippen LogP contribution in [0.3, 0.4) is 0 Å². The third-order valence-electron chi connectivity index (χ3n) is 5.49. The van der Waals surface area contributed by atoms with Crippen LogP contribution in [0.1, 0.15) is 58.3 Å². The summed E-state index contributed by atoms with van der Waals surface area (Å²) in [7, 11) is 1.86. The van der Waals surface area contributed by atoms with Gasteiger partial charge in [-0.15, -0.1) is 6.58 Å². The molecule has 2 fully saturated rings. The highest BCUT2D eigenvalue weighted by molar-refractivity contribution is 5.80. The van der Waals surface area contributed by atoms with Gasteiger partial charge in [0.15, 0.2) is 5.96 Å². The van der Waals surface area contributed by atoms with Crippen LogP contribution in [0.25, 0.3) is 0 Å². The zero-order valence-electron chi connectivity index (χ0n) is 16.4. The fourth-order valence-corrected chi connectivity index (χ4v) is 3.96. The Morgan fingerprint density at radius 2 is 2.00 bits per heavy atom. The van der Waals surface area contributed by atoms with Crippen molar-refractivity contribution >= 4 is 5.96 Å². The van der Waals surface area contributed by atoms with Crippen molar-refractivity contribution < 1.29 is 4.74 Å². The number of aliphatic imine (C=N–C) groups is 1. The van der Waals surface area contributed by atoms with E-state index in [9.17, 15) is 0 Å². The number of nitrogens with one attached hydrogen (secondary N) is 2. The van der Waals surface area contributed by atoms with Crippen LogP contribution in [0, 0.1) is 0 Å². The molecule has 5 heteroatoms. The summed E-state index contributed by atoms with van der Waals surface area (Å²) in [6.45, 7) is 11.0. The Balaban J connectivity index is 1.79. The molecule has 25 heavy (non-hydrogen) atoms. The number of rotatable bonds is 8. The second-order valence-electron chi connectivity index (χ2n) is 7.53. The second kappa shape index (κ2) is 10.8. The Bertz CT molecular complexity index is 410. The van der Waals surface area contributed by atoms with Crippen molar-refractivity contribution in [2.24, 2.45) is 4.99 Å². The Morgan fingerprint density at radius 3 is 2.60 bits per heavy atom. The summed E-state index contributed by atoms with van der Waals surface area (Å²) in [6.07, 6.45) is 11.6. The van der Waals surface area contributed by atoms with E-state index in [1.54, 1.807) is 0 Å². The molecule has 0 aromatic rings. The summed E-state index contributed by atoms with van der Waals surface area (Å²) in [4.78, 5) is 6.90. The predicted molar refractivity (Wildman–Crippen MR) is 106 cm³/mol. The van der Waals surface area contributed by atoms with Gasteiger partial charge in [-0.1, -0.05) is 32.3 Å². The van der Waals surface area contributed by atoms with Crippen molar-refractivity contribution in [2.75, 3.05) is 39.8 Å². The second-order valence-corrected chi connectivity index (χ2v) is 7.53. The van der Waals surface area contributed by atoms with Gasteiger partial charge in [-0.05, 0) is 32.1 Å². The number of nitrogens with zero attached hydrogens (tertiary/aromatic N) is 2. The first-order chi connectivity index (χ1) is 12.2. The van der Waals surface area contributed by atoms with Gasteiger partial charge in [-0.3, -0.25) is 9.89 Å². The van der Waals surface area contributed by atoms with E-state index in [1.807, 2.05) is 13.1 Å². The van der Waals surface area contributed by atoms with E-state index in [1.165, 1.54) is 19.3 Å². The highest BCUT2D eigenvalue weighted by atomic mass is 16.5. The number of hydrogen-bond donors (Lipinski definition) is 2. The quantitative estimate of drug-likeness (QED) is 0.401. The van der Waals surface area contributed by atoms with Gasteiger partial charge >= 0.3 is 0 Å². The lowest BCUT2D eigenvalue weighted by atomic mass is 9.84. The molecule has 0 spiro atoms. The highest BCUT2D eigenvalue weighted by Crippen LogP contribution is 2.31. The number of hydrogen-bond acceptors (Lipinski definition) is 3. The Labute approximate surface area is 154 Å². The van der Waals surface area contributed by atoms with Gasteiger partial charge in [0.1, 0.15) is 0 Å². The van der Waals surface area contributed by atoms with Crippen molar-refractivity contribution in [3.63, 3.8) is 0 Å². The van der Waals surface area contributed by atoms with E-state index in [0.717, 1.165) is 70.8 Å². The average molecular weight is 351 g/mol. The van der Waals surface area contributed by atoms with Crippen LogP contribution in [0.4, 0.5) is 0 Å². The van der Waals surface area contributed by atoms with E-state index >= 15 is 0 Å². The third-order valence-corrected chi connectivity index (χ3v) is 5.49. The van der Waals surface area contributed by atoms with Gasteiger partial charge in [-0.25, -0.2) is 0 Å². The molecule has 0 aromatic carbocycles. The molecule has 0 radical (unpaired) electrons. The molecule has 1 saturated heterocycles. The number of piperidine rings is 1. The molecule has 0 amide bonds. The molecule has 1 saturated carbocycles. The standard InChI is InChI=1S/C20H38N4O/c1-4-13-24-14-9-18(10-15-24)23-19(21-3)22-17-20(25-16-5-2)11-7-6-8-12-20/h4,18H,1,5-17H2,2-3H3,(H2,21,22,23). The van der Waals surface area contributed by atoms with Gasteiger partial charge in [0.2, 0.25) is 0 Å². The Kier molecular flexibility index (Phi) is 8.76. The molecule has 2 aliphatic rings. The maximum absolute atomic E-state index is 6.28. The summed E-state index contributed by atoms with van der Waals surface area (Å²) in [5.74, 6) is 0.923. The van der Waals surface area contributed by atoms with Crippen molar-refractivity contribution in [2.45, 2.75) is 69.9 Å². The van der Waals surface area contributed by atoms with Gasteiger partial charge in [0, 0.05) is 45.9 Å². The smallest absolute Gasteiger partial charge is 0.191 e. The zero-order chi connectivity index (χ0) is 18.0. The highest BCUT2D eigenvalue weighted by Gasteiger charge is 2.33. The van der Waals surface area contributed by atoms with Gasteiger partial charge in [0.25, 0.3) is 0 Å². The van der Waals surface area contributed by atoms with E-state index in [0.29, 0.717) is 6.04 Å². The van der Waals surface area contributed by atoms with Crippen LogP contribution in [0.2, 0.25) is 0 Å². The van der Waals surface area contributed by atoms with Gasteiger partial charge in [0.05, 0.1) is 5.60 Å². The maximum Gasteiger partial charge on any atom is 0.191 e. The van der Waals surface area contributed by atoms with E-state index in [2.05, 4.69) is 34.0 Å². The zero-order valence-corrected chi connectivity index (χ0v) is 16.4. The maximum atomic E-state index is 6.28. The summed E-state index contributed by atoms with van der Waals surface area (Å²) >= 11 is 0. The van der Waals surface area contributed by atoms with E-state index in [-0.39, 0.29) is 5.60 Å². The van der Waals surface area contributed by atoms with Crippen molar-refractivity contribution in [3.05, 3.63) is 12.7 Å². The summed E-state index contributed by atoms with van der Waals surface area (Å²) < 4.78 is 6.28. The molecule has 0 atom stereocenters. The molecule has 0 aromatic heterocycles. The SMILES string of the molecule is C=CCN1CCC(NC(=NC)NCC2(OCCC)CCCCC2)CC1. The molecule has 2 rings (SSSR count). The molecule has 0 unspecified atom stereocenters. The average Bonchev–Trinajstić information content (AvgIpc) is 2.66. The molecule has 1 heterocycles. The van der Waals surface area contributed by atoms with Crippen LogP contribution in [-0.4, -0.2) is 62.3 Å². The lowest BCUT2D eigenvalue weighted by Gasteiger charge is -2.38. The first-order valence-electron chi connectivity index (χ1n) is 10.2. The summed E-state index contributed by atoms with van der Waals surface area (Å²) in [6, 6.07) is 0.506. The van der Waals surface area contributed by atoms with Crippen LogP contribution in [-0.2, 0) is 4.74 Å². The fraction of sp³-hybridized carbons (Fsp3) is 0.850. The van der Waals surface area contributed by atoms with Crippen molar-refractivity contribution in [1.82, 2.24) is 15.5 Å². The molecule has 144 valence electrons. The minimum atomic E-state index is -0.000789. The Morgan fingerprint density at radius 1 is 1.28 bits per heavy atom. The Hall–Kier alpha value is -1.07. The summed E-state index contributed by atoms with van der Waals surface area (Å²) in [5.41, 5.74) is -0.000789. The molecular formula is C20H38N4O. The van der Waals surface area contributed by atoms with E-state index in [4.69, 9.17) is 4.74 Å². The molecule has 0 bridgehead atoms. The largest absolute Gasteiger partial charge is 0.373 e. The number of ether oxygens (including phenoxy) is 1. The van der Waals surface area contributed by atoms with Crippen LogP contribution < -0.4 is 10.6 Å². The molecule has 1 aliphatic carbocycles. The molecule has 5 nitrogen and oxygen atoms in total. The molecular weight excluding hydrogens is 312 g/mol. The number of likely N-dealkylation sites (tertiary alicyclic amines) is 1. The third kappa shape index (κ3) is 6.63.